The highest BCUT2D eigenvalue weighted by Crippen LogP contribution is 2.22. The van der Waals surface area contributed by atoms with Crippen molar-refractivity contribution in [3.8, 4) is 0 Å². The molecule has 8 heteroatoms. The highest BCUT2D eigenvalue weighted by atomic mass is 32.2. The normalized spacial score (nSPS) is 16.2. The van der Waals surface area contributed by atoms with E-state index in [1.165, 1.54) is 8.99 Å². The number of piperazine rings is 1. The maximum absolute atomic E-state index is 13.1. The van der Waals surface area contributed by atoms with Gasteiger partial charge in [0.15, 0.2) is 0 Å². The molecule has 0 unspecified atom stereocenters. The fraction of sp³-hybridized carbons (Fsp3) is 0.364. The molecule has 1 aliphatic heterocycles. The van der Waals surface area contributed by atoms with E-state index < -0.39 is 10.0 Å². The summed E-state index contributed by atoms with van der Waals surface area (Å²) in [5, 5.41) is 5.98. The van der Waals surface area contributed by atoms with Crippen LogP contribution in [0.15, 0.2) is 52.2 Å². The number of benzene rings is 2. The molecule has 2 aromatic carbocycles. The summed E-state index contributed by atoms with van der Waals surface area (Å²) in [6, 6.07) is 13.0. The lowest BCUT2D eigenvalue weighted by Crippen LogP contribution is -2.50. The van der Waals surface area contributed by atoms with Gasteiger partial charge in [0.05, 0.1) is 22.6 Å². The summed E-state index contributed by atoms with van der Waals surface area (Å²) in [5.74, 6) is 0. The van der Waals surface area contributed by atoms with Gasteiger partial charge in [-0.05, 0) is 44.0 Å². The molecule has 2 heterocycles. The topological polar surface area (TPSA) is 75.5 Å². The summed E-state index contributed by atoms with van der Waals surface area (Å²) < 4.78 is 29.2. The summed E-state index contributed by atoms with van der Waals surface area (Å²) in [6.45, 7) is 7.83. The van der Waals surface area contributed by atoms with Crippen molar-refractivity contribution in [3.63, 3.8) is 0 Å². The van der Waals surface area contributed by atoms with E-state index in [2.05, 4.69) is 10.00 Å². The van der Waals surface area contributed by atoms with E-state index in [0.717, 1.165) is 22.2 Å². The maximum Gasteiger partial charge on any atom is 0.275 e. The summed E-state index contributed by atoms with van der Waals surface area (Å²) >= 11 is 0. The van der Waals surface area contributed by atoms with Gasteiger partial charge < -0.3 is 0 Å². The SMILES string of the molecule is Cc1ccc(C)c(S(=O)(=O)N2CCN(Cn3nc(C)c4ccccc4c3=O)CC2)c1. The predicted octanol–water partition coefficient (Wildman–Crippen LogP) is 2.29. The number of aromatic nitrogens is 2. The van der Waals surface area contributed by atoms with Crippen LogP contribution in [0.2, 0.25) is 0 Å². The fourth-order valence-corrected chi connectivity index (χ4v) is 5.66. The molecule has 7 nitrogen and oxygen atoms in total. The van der Waals surface area contributed by atoms with Gasteiger partial charge in [0.2, 0.25) is 10.0 Å². The van der Waals surface area contributed by atoms with Gasteiger partial charge in [-0.25, -0.2) is 13.1 Å². The molecule has 1 fully saturated rings. The second-order valence-corrected chi connectivity index (χ2v) is 9.77. The molecular weight excluding hydrogens is 400 g/mol. The van der Waals surface area contributed by atoms with Gasteiger partial charge >= 0.3 is 0 Å². The zero-order valence-corrected chi connectivity index (χ0v) is 18.3. The highest BCUT2D eigenvalue weighted by Gasteiger charge is 2.30. The van der Waals surface area contributed by atoms with E-state index in [9.17, 15) is 13.2 Å². The minimum Gasteiger partial charge on any atom is -0.282 e. The molecule has 3 aromatic rings. The third-order valence-electron chi connectivity index (χ3n) is 5.68. The first-order chi connectivity index (χ1) is 14.3. The van der Waals surface area contributed by atoms with Gasteiger partial charge in [-0.2, -0.15) is 9.40 Å². The van der Waals surface area contributed by atoms with E-state index >= 15 is 0 Å². The van der Waals surface area contributed by atoms with Crippen molar-refractivity contribution < 1.29 is 8.42 Å². The van der Waals surface area contributed by atoms with Crippen LogP contribution >= 0.6 is 0 Å². The zero-order valence-electron chi connectivity index (χ0n) is 17.5. The van der Waals surface area contributed by atoms with Gasteiger partial charge in [0.25, 0.3) is 5.56 Å². The number of sulfonamides is 1. The summed E-state index contributed by atoms with van der Waals surface area (Å²) in [6.07, 6.45) is 0. The monoisotopic (exact) mass is 426 g/mol. The van der Waals surface area contributed by atoms with Crippen LogP contribution in [-0.2, 0) is 16.7 Å². The molecule has 158 valence electrons. The molecule has 0 spiro atoms. The van der Waals surface area contributed by atoms with Crippen molar-refractivity contribution in [2.45, 2.75) is 32.3 Å². The third-order valence-corrected chi connectivity index (χ3v) is 7.72. The third kappa shape index (κ3) is 3.78. The zero-order chi connectivity index (χ0) is 21.5. The van der Waals surface area contributed by atoms with Crippen molar-refractivity contribution in [2.24, 2.45) is 0 Å². The maximum atomic E-state index is 13.1. The van der Waals surface area contributed by atoms with Crippen molar-refractivity contribution in [3.05, 3.63) is 69.6 Å². The Morgan fingerprint density at radius 1 is 0.933 bits per heavy atom. The molecule has 0 aliphatic carbocycles. The highest BCUT2D eigenvalue weighted by molar-refractivity contribution is 7.89. The van der Waals surface area contributed by atoms with Gasteiger partial charge in [0.1, 0.15) is 0 Å². The van der Waals surface area contributed by atoms with Crippen LogP contribution in [0.1, 0.15) is 16.8 Å². The Bertz CT molecular complexity index is 1260. The van der Waals surface area contributed by atoms with Crippen LogP contribution in [0, 0.1) is 20.8 Å². The lowest BCUT2D eigenvalue weighted by Gasteiger charge is -2.34. The Balaban J connectivity index is 1.50. The summed E-state index contributed by atoms with van der Waals surface area (Å²) in [5.41, 5.74) is 2.36. The second kappa shape index (κ2) is 7.94. The van der Waals surface area contributed by atoms with E-state index in [1.807, 2.05) is 57.2 Å². The molecule has 0 amide bonds. The standard InChI is InChI=1S/C22H26N4O3S/c1-16-8-9-17(2)21(14-16)30(28,29)25-12-10-24(11-13-25)15-26-22(27)20-7-5-4-6-19(20)18(3)23-26/h4-9,14H,10-13,15H2,1-3H3. The Labute approximate surface area is 176 Å². The molecular formula is C22H26N4O3S. The molecule has 1 saturated heterocycles. The van der Waals surface area contributed by atoms with Gasteiger partial charge in [-0.3, -0.25) is 9.69 Å². The Morgan fingerprint density at radius 3 is 2.30 bits per heavy atom. The largest absolute Gasteiger partial charge is 0.282 e. The molecule has 0 bridgehead atoms. The molecule has 1 aromatic heterocycles. The molecule has 1 aliphatic rings. The number of hydrogen-bond acceptors (Lipinski definition) is 5. The Kier molecular flexibility index (Phi) is 5.48. The molecule has 30 heavy (non-hydrogen) atoms. The smallest absolute Gasteiger partial charge is 0.275 e. The van der Waals surface area contributed by atoms with E-state index in [-0.39, 0.29) is 5.56 Å². The second-order valence-electron chi connectivity index (χ2n) is 7.87. The number of hydrogen-bond donors (Lipinski definition) is 0. The van der Waals surface area contributed by atoms with Crippen LogP contribution in [0.3, 0.4) is 0 Å². The lowest BCUT2D eigenvalue weighted by atomic mass is 10.1. The van der Waals surface area contributed by atoms with Crippen LogP contribution in [0.5, 0.6) is 0 Å². The van der Waals surface area contributed by atoms with E-state index in [0.29, 0.717) is 43.1 Å². The molecule has 0 N–H and O–H groups in total. The van der Waals surface area contributed by atoms with Crippen molar-refractivity contribution in [1.29, 1.82) is 0 Å². The average molecular weight is 427 g/mol. The first-order valence-electron chi connectivity index (χ1n) is 10.0. The molecule has 4 rings (SSSR count). The van der Waals surface area contributed by atoms with Crippen molar-refractivity contribution in [1.82, 2.24) is 19.0 Å². The Morgan fingerprint density at radius 2 is 1.60 bits per heavy atom. The molecule has 0 atom stereocenters. The number of rotatable bonds is 4. The predicted molar refractivity (Wildman–Crippen MR) is 117 cm³/mol. The summed E-state index contributed by atoms with van der Waals surface area (Å²) in [4.78, 5) is 15.2. The van der Waals surface area contributed by atoms with Gasteiger partial charge in [-0.15, -0.1) is 0 Å². The average Bonchev–Trinajstić information content (AvgIpc) is 2.74. The van der Waals surface area contributed by atoms with E-state index in [1.54, 1.807) is 6.07 Å². The number of aryl methyl sites for hydroxylation is 3. The van der Waals surface area contributed by atoms with Crippen LogP contribution < -0.4 is 5.56 Å². The minimum atomic E-state index is -3.53. The fourth-order valence-electron chi connectivity index (χ4n) is 3.93. The number of fused-ring (bicyclic) bond motifs is 1. The van der Waals surface area contributed by atoms with Crippen LogP contribution in [0.4, 0.5) is 0 Å². The first-order valence-corrected chi connectivity index (χ1v) is 11.5. The quantitative estimate of drug-likeness (QED) is 0.640. The molecule has 0 radical (unpaired) electrons. The molecule has 0 saturated carbocycles. The van der Waals surface area contributed by atoms with Crippen LogP contribution in [0.25, 0.3) is 10.8 Å². The first kappa shape index (κ1) is 20.7. The minimum absolute atomic E-state index is 0.123. The van der Waals surface area contributed by atoms with Gasteiger partial charge in [0, 0.05) is 31.6 Å². The van der Waals surface area contributed by atoms with E-state index in [4.69, 9.17) is 0 Å². The van der Waals surface area contributed by atoms with Crippen molar-refractivity contribution in [2.75, 3.05) is 26.2 Å². The Hall–Kier alpha value is -2.55. The van der Waals surface area contributed by atoms with Crippen molar-refractivity contribution >= 4 is 20.8 Å². The van der Waals surface area contributed by atoms with Crippen LogP contribution in [-0.4, -0.2) is 53.6 Å². The number of nitrogens with zero attached hydrogens (tertiary/aromatic N) is 4. The summed E-state index contributed by atoms with van der Waals surface area (Å²) in [7, 11) is -3.53. The lowest BCUT2D eigenvalue weighted by molar-refractivity contribution is 0.143. The van der Waals surface area contributed by atoms with Gasteiger partial charge in [-0.1, -0.05) is 30.3 Å².